The van der Waals surface area contributed by atoms with Crippen molar-refractivity contribution < 1.29 is 10.0 Å². The van der Waals surface area contributed by atoms with E-state index in [1.165, 1.54) is 10.8 Å². The molecule has 0 unspecified atom stereocenters. The molecule has 4 heteroatoms. The third kappa shape index (κ3) is 2.54. The molecule has 0 aliphatic rings. The second-order valence-electron chi connectivity index (χ2n) is 6.85. The predicted octanol–water partition coefficient (Wildman–Crippen LogP) is 4.13. The van der Waals surface area contributed by atoms with E-state index in [0.717, 1.165) is 27.8 Å². The molecule has 0 bridgehead atoms. The van der Waals surface area contributed by atoms with E-state index in [1.807, 2.05) is 48.5 Å². The summed E-state index contributed by atoms with van der Waals surface area (Å²) in [6.07, 6.45) is 0. The van der Waals surface area contributed by atoms with Gasteiger partial charge in [-0.3, -0.25) is 0 Å². The first-order valence-electron chi connectivity index (χ1n) is 9.29. The van der Waals surface area contributed by atoms with Crippen LogP contribution in [0.2, 0.25) is 0 Å². The number of benzene rings is 4. The highest BCUT2D eigenvalue weighted by molar-refractivity contribution is 6.60. The van der Waals surface area contributed by atoms with Crippen molar-refractivity contribution in [1.29, 1.82) is 0 Å². The highest BCUT2D eigenvalue weighted by Crippen LogP contribution is 2.35. The summed E-state index contributed by atoms with van der Waals surface area (Å²) in [5.74, 6) is 0. The first-order chi connectivity index (χ1) is 13.8. The van der Waals surface area contributed by atoms with Gasteiger partial charge in [-0.2, -0.15) is 0 Å². The molecule has 0 radical (unpaired) electrons. The number of fused-ring (bicyclic) bond motifs is 3. The van der Waals surface area contributed by atoms with E-state index in [0.29, 0.717) is 5.46 Å². The molecule has 0 atom stereocenters. The quantitative estimate of drug-likeness (QED) is 0.474. The van der Waals surface area contributed by atoms with Crippen LogP contribution in [0.3, 0.4) is 0 Å². The van der Waals surface area contributed by atoms with Crippen LogP contribution in [0.4, 0.5) is 0 Å². The van der Waals surface area contributed by atoms with Gasteiger partial charge in [0.15, 0.2) is 0 Å². The van der Waals surface area contributed by atoms with E-state index in [9.17, 15) is 10.0 Å². The van der Waals surface area contributed by atoms with Gasteiger partial charge in [-0.05, 0) is 29.2 Å². The molecule has 3 nitrogen and oxygen atoms in total. The highest BCUT2D eigenvalue weighted by Gasteiger charge is 2.20. The van der Waals surface area contributed by atoms with Gasteiger partial charge in [0, 0.05) is 16.3 Å². The van der Waals surface area contributed by atoms with Crippen LogP contribution in [-0.2, 0) is 0 Å². The number of nitrogens with zero attached hydrogens (tertiary/aromatic N) is 1. The molecule has 0 aliphatic heterocycles. The molecule has 0 aliphatic carbocycles. The molecule has 0 saturated carbocycles. The minimum atomic E-state index is -1.53. The second-order valence-corrected chi connectivity index (χ2v) is 6.85. The third-order valence-electron chi connectivity index (χ3n) is 5.25. The summed E-state index contributed by atoms with van der Waals surface area (Å²) in [5, 5.41) is 22.2. The van der Waals surface area contributed by atoms with Crippen LogP contribution in [0, 0.1) is 0 Å². The van der Waals surface area contributed by atoms with E-state index in [4.69, 9.17) is 0 Å². The smallest absolute Gasteiger partial charge is 0.423 e. The van der Waals surface area contributed by atoms with Crippen LogP contribution in [0.15, 0.2) is 97.1 Å². The molecule has 0 spiro atoms. The van der Waals surface area contributed by atoms with Gasteiger partial charge in [0.05, 0.1) is 16.7 Å². The number of para-hydroxylation sites is 3. The fourth-order valence-corrected chi connectivity index (χ4v) is 4.05. The zero-order valence-electron chi connectivity index (χ0n) is 15.2. The monoisotopic (exact) mass is 363 g/mol. The maximum atomic E-state index is 9.88. The Morgan fingerprint density at radius 3 is 1.68 bits per heavy atom. The van der Waals surface area contributed by atoms with Crippen molar-refractivity contribution >= 4 is 34.4 Å². The van der Waals surface area contributed by atoms with E-state index in [-0.39, 0.29) is 0 Å². The fraction of sp³-hybridized carbons (Fsp3) is 0. The SMILES string of the molecule is OB(O)c1ccccc1-c1ccccc1-n1c2ccccc2c2ccccc21. The standard InChI is InChI=1S/C24H18BNO2/c27-25(28)21-13-5-1-9-17(21)18-10-2-6-14-22(18)26-23-15-7-3-11-19(23)20-12-4-8-16-24(20)26/h1-16,27-28H. The molecule has 1 heterocycles. The topological polar surface area (TPSA) is 45.4 Å². The Hall–Kier alpha value is -3.34. The lowest BCUT2D eigenvalue weighted by molar-refractivity contribution is 0.426. The molecular weight excluding hydrogens is 345 g/mol. The molecule has 134 valence electrons. The molecular formula is C24H18BNO2. The van der Waals surface area contributed by atoms with Crippen molar-refractivity contribution in [2.75, 3.05) is 0 Å². The van der Waals surface area contributed by atoms with Crippen molar-refractivity contribution in [1.82, 2.24) is 4.57 Å². The predicted molar refractivity (Wildman–Crippen MR) is 116 cm³/mol. The van der Waals surface area contributed by atoms with Gasteiger partial charge in [-0.15, -0.1) is 0 Å². The average Bonchev–Trinajstić information content (AvgIpc) is 3.08. The van der Waals surface area contributed by atoms with Crippen molar-refractivity contribution in [3.8, 4) is 16.8 Å². The van der Waals surface area contributed by atoms with Gasteiger partial charge in [-0.25, -0.2) is 0 Å². The molecule has 5 aromatic rings. The Morgan fingerprint density at radius 2 is 1.04 bits per heavy atom. The maximum Gasteiger partial charge on any atom is 0.489 e. The van der Waals surface area contributed by atoms with Crippen molar-refractivity contribution in [2.24, 2.45) is 0 Å². The lowest BCUT2D eigenvalue weighted by Gasteiger charge is -2.16. The summed E-state index contributed by atoms with van der Waals surface area (Å²) in [6.45, 7) is 0. The number of aromatic nitrogens is 1. The average molecular weight is 363 g/mol. The maximum absolute atomic E-state index is 9.88. The number of rotatable bonds is 3. The Bertz CT molecular complexity index is 1250. The van der Waals surface area contributed by atoms with Crippen LogP contribution >= 0.6 is 0 Å². The Morgan fingerprint density at radius 1 is 0.536 bits per heavy atom. The molecule has 5 rings (SSSR count). The summed E-state index contributed by atoms with van der Waals surface area (Å²) < 4.78 is 2.25. The summed E-state index contributed by atoms with van der Waals surface area (Å²) in [4.78, 5) is 0. The summed E-state index contributed by atoms with van der Waals surface area (Å²) in [7, 11) is -1.53. The van der Waals surface area contributed by atoms with Crippen LogP contribution < -0.4 is 5.46 Å². The summed E-state index contributed by atoms with van der Waals surface area (Å²) in [5.41, 5.74) is 5.52. The Labute approximate surface area is 163 Å². The zero-order chi connectivity index (χ0) is 19.1. The van der Waals surface area contributed by atoms with Crippen molar-refractivity contribution in [2.45, 2.75) is 0 Å². The van der Waals surface area contributed by atoms with Gasteiger partial charge in [-0.1, -0.05) is 78.9 Å². The van der Waals surface area contributed by atoms with E-state index in [1.54, 1.807) is 6.07 Å². The second kappa shape index (κ2) is 6.68. The molecule has 4 aromatic carbocycles. The molecule has 0 amide bonds. The van der Waals surface area contributed by atoms with Gasteiger partial charge >= 0.3 is 7.12 Å². The van der Waals surface area contributed by atoms with Gasteiger partial charge < -0.3 is 14.6 Å². The number of hydrogen-bond donors (Lipinski definition) is 2. The first kappa shape index (κ1) is 16.8. The fourth-order valence-electron chi connectivity index (χ4n) is 4.05. The largest absolute Gasteiger partial charge is 0.489 e. The van der Waals surface area contributed by atoms with Crippen LogP contribution in [0.25, 0.3) is 38.6 Å². The van der Waals surface area contributed by atoms with Crippen LogP contribution in [-0.4, -0.2) is 21.7 Å². The van der Waals surface area contributed by atoms with Gasteiger partial charge in [0.1, 0.15) is 0 Å². The lowest BCUT2D eigenvalue weighted by Crippen LogP contribution is -2.31. The van der Waals surface area contributed by atoms with E-state index >= 15 is 0 Å². The summed E-state index contributed by atoms with van der Waals surface area (Å²) in [6, 6.07) is 32.3. The highest BCUT2D eigenvalue weighted by atomic mass is 16.4. The van der Waals surface area contributed by atoms with Crippen molar-refractivity contribution in [3.05, 3.63) is 97.1 Å². The summed E-state index contributed by atoms with van der Waals surface area (Å²) >= 11 is 0. The minimum Gasteiger partial charge on any atom is -0.423 e. The molecule has 0 saturated heterocycles. The van der Waals surface area contributed by atoms with Crippen LogP contribution in [0.1, 0.15) is 0 Å². The molecule has 0 fully saturated rings. The first-order valence-corrected chi connectivity index (χ1v) is 9.29. The lowest BCUT2D eigenvalue weighted by atomic mass is 9.75. The molecule has 1 aromatic heterocycles. The third-order valence-corrected chi connectivity index (χ3v) is 5.25. The van der Waals surface area contributed by atoms with Crippen molar-refractivity contribution in [3.63, 3.8) is 0 Å². The van der Waals surface area contributed by atoms with Crippen LogP contribution in [0.5, 0.6) is 0 Å². The van der Waals surface area contributed by atoms with E-state index in [2.05, 4.69) is 47.0 Å². The van der Waals surface area contributed by atoms with E-state index < -0.39 is 7.12 Å². The Kier molecular flexibility index (Phi) is 4.01. The van der Waals surface area contributed by atoms with Gasteiger partial charge in [0.2, 0.25) is 0 Å². The Balaban J connectivity index is 1.89. The number of hydrogen-bond acceptors (Lipinski definition) is 2. The van der Waals surface area contributed by atoms with Gasteiger partial charge in [0.25, 0.3) is 0 Å². The zero-order valence-corrected chi connectivity index (χ0v) is 15.2. The normalized spacial score (nSPS) is 11.2. The minimum absolute atomic E-state index is 0.496. The molecule has 2 N–H and O–H groups in total. The molecule has 28 heavy (non-hydrogen) atoms.